The van der Waals surface area contributed by atoms with Crippen molar-refractivity contribution in [2.45, 2.75) is 33.1 Å². The fourth-order valence-corrected chi connectivity index (χ4v) is 0.749. The molecule has 0 radical (unpaired) electrons. The van der Waals surface area contributed by atoms with Crippen LogP contribution < -0.4 is 0 Å². The van der Waals surface area contributed by atoms with Gasteiger partial charge in [-0.05, 0) is 18.4 Å². The fourth-order valence-electron chi connectivity index (χ4n) is 0.749. The van der Waals surface area contributed by atoms with E-state index in [0.29, 0.717) is 0 Å². The van der Waals surface area contributed by atoms with Crippen LogP contribution in [0.4, 0.5) is 0 Å². The number of carboxylic acid groups (broad SMARTS) is 1. The Morgan fingerprint density at radius 2 is 1.85 bits per heavy atom. The molecule has 0 aliphatic heterocycles. The minimum Gasteiger partial charge on any atom is -0.515 e. The first kappa shape index (κ1) is 14.3. The predicted octanol–water partition coefficient (Wildman–Crippen LogP) is 2.90. The van der Waals surface area contributed by atoms with Gasteiger partial charge >= 0.3 is 0 Å². The molecule has 76 valence electrons. The number of aliphatic hydroxyl groups excluding tert-OH is 1. The lowest BCUT2D eigenvalue weighted by atomic mass is 10.1. The maximum atomic E-state index is 8.67. The Labute approximate surface area is 79.4 Å². The van der Waals surface area contributed by atoms with E-state index in [1.54, 1.807) is 0 Å². The molecule has 0 aliphatic carbocycles. The molecule has 0 atom stereocenters. The van der Waals surface area contributed by atoms with Gasteiger partial charge in [-0.1, -0.05) is 32.4 Å². The molecule has 0 aromatic rings. The van der Waals surface area contributed by atoms with E-state index in [1.165, 1.54) is 6.26 Å². The standard InChI is InChI=1S/C9H16O.CH2O2/c1-3-5-7-9(8-10)6-4-2;2-1-3/h5,7-8,10H,3-4,6H2,1-2H3;1H,(H,2,3). The summed E-state index contributed by atoms with van der Waals surface area (Å²) in [5.74, 6) is 0. The molecule has 0 bridgehead atoms. The predicted molar refractivity (Wildman–Crippen MR) is 53.7 cm³/mol. The van der Waals surface area contributed by atoms with Gasteiger partial charge in [-0.25, -0.2) is 0 Å². The number of carbonyl (C=O) groups is 1. The summed E-state index contributed by atoms with van der Waals surface area (Å²) >= 11 is 0. The summed E-state index contributed by atoms with van der Waals surface area (Å²) in [6.45, 7) is 3.93. The summed E-state index contributed by atoms with van der Waals surface area (Å²) in [4.78, 5) is 8.36. The Morgan fingerprint density at radius 3 is 2.15 bits per heavy atom. The zero-order valence-electron chi connectivity index (χ0n) is 8.23. The summed E-state index contributed by atoms with van der Waals surface area (Å²) in [6, 6.07) is 0. The molecule has 0 saturated carbocycles. The lowest BCUT2D eigenvalue weighted by Crippen LogP contribution is -1.76. The Kier molecular flexibility index (Phi) is 14.7. The van der Waals surface area contributed by atoms with E-state index >= 15 is 0 Å². The maximum absolute atomic E-state index is 8.67. The third kappa shape index (κ3) is 13.7. The van der Waals surface area contributed by atoms with Crippen molar-refractivity contribution in [1.82, 2.24) is 0 Å². The molecule has 0 aromatic heterocycles. The molecular weight excluding hydrogens is 168 g/mol. The van der Waals surface area contributed by atoms with Crippen LogP contribution in [0.5, 0.6) is 0 Å². The van der Waals surface area contributed by atoms with Gasteiger partial charge in [0.2, 0.25) is 0 Å². The molecule has 0 saturated heterocycles. The van der Waals surface area contributed by atoms with Gasteiger partial charge in [-0.3, -0.25) is 4.79 Å². The number of hydrogen-bond donors (Lipinski definition) is 2. The van der Waals surface area contributed by atoms with Gasteiger partial charge in [0.25, 0.3) is 6.47 Å². The molecule has 0 unspecified atom stereocenters. The van der Waals surface area contributed by atoms with Crippen molar-refractivity contribution in [3.05, 3.63) is 24.0 Å². The molecule has 0 amide bonds. The Hall–Kier alpha value is -1.25. The van der Waals surface area contributed by atoms with Gasteiger partial charge in [0, 0.05) is 0 Å². The third-order valence-electron chi connectivity index (χ3n) is 1.27. The van der Waals surface area contributed by atoms with Crippen molar-refractivity contribution >= 4 is 6.47 Å². The second-order valence-corrected chi connectivity index (χ2v) is 2.37. The Bertz CT molecular complexity index is 160. The summed E-state index contributed by atoms with van der Waals surface area (Å²) < 4.78 is 0. The van der Waals surface area contributed by atoms with E-state index in [-0.39, 0.29) is 6.47 Å². The van der Waals surface area contributed by atoms with Crippen LogP contribution in [0.2, 0.25) is 0 Å². The van der Waals surface area contributed by atoms with E-state index < -0.39 is 0 Å². The van der Waals surface area contributed by atoms with Gasteiger partial charge in [-0.2, -0.15) is 0 Å². The molecule has 0 heterocycles. The first-order valence-corrected chi connectivity index (χ1v) is 4.34. The van der Waals surface area contributed by atoms with Gasteiger partial charge in [0.1, 0.15) is 0 Å². The largest absolute Gasteiger partial charge is 0.515 e. The van der Waals surface area contributed by atoms with Crippen LogP contribution in [0, 0.1) is 0 Å². The molecule has 0 fully saturated rings. The second kappa shape index (κ2) is 13.3. The molecule has 13 heavy (non-hydrogen) atoms. The average Bonchev–Trinajstić information content (AvgIpc) is 2.13. The van der Waals surface area contributed by atoms with Gasteiger partial charge < -0.3 is 10.2 Å². The van der Waals surface area contributed by atoms with Crippen molar-refractivity contribution in [3.63, 3.8) is 0 Å². The van der Waals surface area contributed by atoms with Gasteiger partial charge in [0.05, 0.1) is 6.26 Å². The number of hydrogen-bond acceptors (Lipinski definition) is 2. The number of rotatable bonds is 4. The first-order chi connectivity index (χ1) is 6.26. The van der Waals surface area contributed by atoms with Crippen molar-refractivity contribution < 1.29 is 15.0 Å². The van der Waals surface area contributed by atoms with Gasteiger partial charge in [-0.15, -0.1) is 0 Å². The zero-order valence-corrected chi connectivity index (χ0v) is 8.23. The normalized spacial score (nSPS) is 10.8. The van der Waals surface area contributed by atoms with Crippen LogP contribution in [0.3, 0.4) is 0 Å². The van der Waals surface area contributed by atoms with Crippen molar-refractivity contribution in [2.75, 3.05) is 0 Å². The highest BCUT2D eigenvalue weighted by Crippen LogP contribution is 2.05. The van der Waals surface area contributed by atoms with Crippen molar-refractivity contribution in [3.8, 4) is 0 Å². The Morgan fingerprint density at radius 1 is 1.31 bits per heavy atom. The van der Waals surface area contributed by atoms with E-state index in [2.05, 4.69) is 19.9 Å². The number of allylic oxidation sites excluding steroid dienone is 3. The average molecular weight is 186 g/mol. The van der Waals surface area contributed by atoms with E-state index in [1.807, 2.05) is 6.08 Å². The number of aliphatic hydroxyl groups is 1. The van der Waals surface area contributed by atoms with E-state index in [4.69, 9.17) is 15.0 Å². The maximum Gasteiger partial charge on any atom is 0.290 e. The van der Waals surface area contributed by atoms with Crippen molar-refractivity contribution in [1.29, 1.82) is 0 Å². The second-order valence-electron chi connectivity index (χ2n) is 2.37. The fraction of sp³-hybridized carbons (Fsp3) is 0.500. The molecule has 3 heteroatoms. The minimum atomic E-state index is -0.250. The van der Waals surface area contributed by atoms with E-state index in [0.717, 1.165) is 24.8 Å². The van der Waals surface area contributed by atoms with Crippen LogP contribution in [0.25, 0.3) is 0 Å². The SMILES string of the molecule is CCC=CC(=CO)CCC.O=CO. The summed E-state index contributed by atoms with van der Waals surface area (Å²) in [7, 11) is 0. The van der Waals surface area contributed by atoms with Crippen LogP contribution in [-0.2, 0) is 4.79 Å². The zero-order chi connectivity index (χ0) is 10.5. The smallest absolute Gasteiger partial charge is 0.290 e. The highest BCUT2D eigenvalue weighted by molar-refractivity contribution is 5.32. The Balaban J connectivity index is 0. The van der Waals surface area contributed by atoms with Crippen LogP contribution in [0.15, 0.2) is 24.0 Å². The van der Waals surface area contributed by atoms with Crippen LogP contribution >= 0.6 is 0 Å². The molecular formula is C10H18O3. The monoisotopic (exact) mass is 186 g/mol. The molecule has 2 N–H and O–H groups in total. The molecule has 0 aromatic carbocycles. The summed E-state index contributed by atoms with van der Waals surface area (Å²) in [5, 5.41) is 15.6. The highest BCUT2D eigenvalue weighted by Gasteiger charge is 1.87. The van der Waals surface area contributed by atoms with Crippen LogP contribution in [-0.4, -0.2) is 16.7 Å². The molecule has 0 rings (SSSR count). The van der Waals surface area contributed by atoms with E-state index in [9.17, 15) is 0 Å². The summed E-state index contributed by atoms with van der Waals surface area (Å²) in [5.41, 5.74) is 1.02. The summed E-state index contributed by atoms with van der Waals surface area (Å²) in [6.07, 6.45) is 8.30. The molecule has 3 nitrogen and oxygen atoms in total. The quantitative estimate of drug-likeness (QED) is 0.403. The molecule has 0 aliphatic rings. The lowest BCUT2D eigenvalue weighted by molar-refractivity contribution is -0.122. The van der Waals surface area contributed by atoms with Crippen molar-refractivity contribution in [2.24, 2.45) is 0 Å². The lowest BCUT2D eigenvalue weighted by Gasteiger charge is -1.94. The third-order valence-corrected chi connectivity index (χ3v) is 1.27. The first-order valence-electron chi connectivity index (χ1n) is 4.34. The van der Waals surface area contributed by atoms with Gasteiger partial charge in [0.15, 0.2) is 0 Å². The topological polar surface area (TPSA) is 57.5 Å². The molecule has 0 spiro atoms. The minimum absolute atomic E-state index is 0.250. The van der Waals surface area contributed by atoms with Crippen LogP contribution in [0.1, 0.15) is 33.1 Å². The highest BCUT2D eigenvalue weighted by atomic mass is 16.3.